The van der Waals surface area contributed by atoms with Crippen LogP contribution in [0, 0.1) is 6.92 Å². The molecule has 0 saturated carbocycles. The Kier molecular flexibility index (Phi) is 6.68. The molecular weight excluding hydrogens is 424 g/mol. The largest absolute Gasteiger partial charge is 0.345 e. The quantitative estimate of drug-likeness (QED) is 0.750. The van der Waals surface area contributed by atoms with Crippen molar-refractivity contribution in [1.82, 2.24) is 10.2 Å². The smallest absolute Gasteiger partial charge is 0.287 e. The third-order valence-electron chi connectivity index (χ3n) is 4.06. The van der Waals surface area contributed by atoms with Crippen molar-refractivity contribution in [1.29, 1.82) is 0 Å². The fraction of sp³-hybridized carbons (Fsp3) is 0.250. The van der Waals surface area contributed by atoms with Gasteiger partial charge in [0.1, 0.15) is 6.67 Å². The van der Waals surface area contributed by atoms with E-state index in [1.165, 1.54) is 17.3 Å². The molecule has 0 saturated heterocycles. The van der Waals surface area contributed by atoms with Crippen LogP contribution in [-0.2, 0) is 11.3 Å². The Bertz CT molecular complexity index is 863. The van der Waals surface area contributed by atoms with Gasteiger partial charge in [-0.1, -0.05) is 57.5 Å². The predicted molar refractivity (Wildman–Crippen MR) is 115 cm³/mol. The maximum absolute atomic E-state index is 12.7. The number of amidine groups is 2. The molecule has 2 aromatic rings. The van der Waals surface area contributed by atoms with E-state index in [0.717, 1.165) is 14.9 Å². The average Bonchev–Trinajstić information content (AvgIpc) is 2.69. The Morgan fingerprint density at radius 3 is 2.56 bits per heavy atom. The molecule has 27 heavy (non-hydrogen) atoms. The molecule has 2 aromatic carbocycles. The summed E-state index contributed by atoms with van der Waals surface area (Å²) in [6.45, 7) is 5.62. The lowest BCUT2D eigenvalue weighted by Gasteiger charge is -2.25. The van der Waals surface area contributed by atoms with Gasteiger partial charge in [0.05, 0.1) is 0 Å². The second-order valence-corrected chi connectivity index (χ2v) is 8.05. The second kappa shape index (κ2) is 9.19. The van der Waals surface area contributed by atoms with Crippen LogP contribution in [0.3, 0.4) is 0 Å². The number of carbonyl (C=O) groups is 1. The number of hydrogen-bond donors (Lipinski definition) is 1. The van der Waals surface area contributed by atoms with Crippen molar-refractivity contribution in [2.75, 3.05) is 13.2 Å². The first-order valence-corrected chi connectivity index (χ1v) is 10.3. The maximum Gasteiger partial charge on any atom is 0.287 e. The topological polar surface area (TPSA) is 57.1 Å². The molecule has 0 bridgehead atoms. The third kappa shape index (κ3) is 5.43. The molecule has 1 amide bonds. The van der Waals surface area contributed by atoms with Gasteiger partial charge < -0.3 is 10.2 Å². The normalized spacial score (nSPS) is 13.8. The molecule has 0 radical (unpaired) electrons. The zero-order chi connectivity index (χ0) is 19.2. The van der Waals surface area contributed by atoms with E-state index >= 15 is 0 Å². The number of nitrogens with one attached hydrogen (secondary N) is 1. The van der Waals surface area contributed by atoms with Gasteiger partial charge in [-0.15, -0.1) is 0 Å². The van der Waals surface area contributed by atoms with Crippen LogP contribution in [0.15, 0.2) is 67.9 Å². The lowest BCUT2D eigenvalue weighted by Crippen LogP contribution is -2.45. The summed E-state index contributed by atoms with van der Waals surface area (Å²) < 4.78 is 1.02. The zero-order valence-electron chi connectivity index (χ0n) is 15.3. The molecule has 1 aliphatic rings. The second-order valence-electron chi connectivity index (χ2n) is 6.10. The third-order valence-corrected chi connectivity index (χ3v) is 5.50. The summed E-state index contributed by atoms with van der Waals surface area (Å²) in [4.78, 5) is 24.6. The minimum absolute atomic E-state index is 0.179. The minimum atomic E-state index is -0.179. The van der Waals surface area contributed by atoms with Crippen molar-refractivity contribution in [3.63, 3.8) is 0 Å². The van der Waals surface area contributed by atoms with E-state index in [0.29, 0.717) is 30.8 Å². The van der Waals surface area contributed by atoms with Crippen LogP contribution in [0.2, 0.25) is 0 Å². The lowest BCUT2D eigenvalue weighted by atomic mass is 10.1. The Labute approximate surface area is 172 Å². The van der Waals surface area contributed by atoms with E-state index < -0.39 is 0 Å². The number of aliphatic imine (C=N–C) groups is 2. The number of aryl methyl sites for hydroxylation is 1. The van der Waals surface area contributed by atoms with Crippen LogP contribution >= 0.6 is 27.7 Å². The summed E-state index contributed by atoms with van der Waals surface area (Å²) in [7, 11) is 0. The minimum Gasteiger partial charge on any atom is -0.345 e. The summed E-state index contributed by atoms with van der Waals surface area (Å²) in [5, 5.41) is 3.56. The molecule has 0 unspecified atom stereocenters. The highest BCUT2D eigenvalue weighted by molar-refractivity contribution is 9.10. The molecule has 3 rings (SSSR count). The molecule has 7 heteroatoms. The Hall–Kier alpha value is -2.12. The van der Waals surface area contributed by atoms with Crippen LogP contribution < -0.4 is 5.32 Å². The molecule has 0 atom stereocenters. The van der Waals surface area contributed by atoms with Crippen LogP contribution in [0.1, 0.15) is 18.1 Å². The Morgan fingerprint density at radius 2 is 1.89 bits per heavy atom. The maximum atomic E-state index is 12.7. The molecule has 5 nitrogen and oxygen atoms in total. The molecule has 1 heterocycles. The van der Waals surface area contributed by atoms with Crippen molar-refractivity contribution in [2.24, 2.45) is 9.98 Å². The van der Waals surface area contributed by atoms with Crippen LogP contribution in [0.25, 0.3) is 0 Å². The molecule has 1 aliphatic heterocycles. The zero-order valence-corrected chi connectivity index (χ0v) is 17.7. The van der Waals surface area contributed by atoms with Gasteiger partial charge in [0.25, 0.3) is 5.91 Å². The molecular formula is C20H21BrN4OS. The summed E-state index contributed by atoms with van der Waals surface area (Å²) in [5.41, 5.74) is 2.26. The number of hydrogen-bond acceptors (Lipinski definition) is 5. The van der Waals surface area contributed by atoms with Crippen LogP contribution in [0.5, 0.6) is 0 Å². The number of thioether (sulfide) groups is 1. The highest BCUT2D eigenvalue weighted by atomic mass is 79.9. The number of rotatable bonds is 5. The van der Waals surface area contributed by atoms with Gasteiger partial charge in [-0.25, -0.2) is 4.99 Å². The average molecular weight is 445 g/mol. The highest BCUT2D eigenvalue weighted by Gasteiger charge is 2.22. The van der Waals surface area contributed by atoms with Gasteiger partial charge >= 0.3 is 0 Å². The number of likely N-dealkylation sites (N-methyl/N-ethyl adjacent to an activating group) is 1. The van der Waals surface area contributed by atoms with E-state index in [4.69, 9.17) is 0 Å². The van der Waals surface area contributed by atoms with Gasteiger partial charge in [-0.3, -0.25) is 4.79 Å². The molecule has 0 spiro atoms. The number of nitrogens with zero attached hydrogens (tertiary/aromatic N) is 3. The number of carbonyl (C=O) groups excluding carboxylic acids is 1. The molecule has 0 aromatic heterocycles. The molecule has 1 N–H and O–H groups in total. The summed E-state index contributed by atoms with van der Waals surface area (Å²) in [6, 6.07) is 16.1. The standard InChI is InChI=1S/C20H21BrN4OS/c1-3-25-13-23-20(27-17-10-8-16(21)9-11-17)24-18(25)19(26)22-12-15-6-4-14(2)5-7-15/h4-11H,3,12-13H2,1-2H3,(H,22,26). The first-order chi connectivity index (χ1) is 13.0. The highest BCUT2D eigenvalue weighted by Crippen LogP contribution is 2.24. The first kappa shape index (κ1) is 19.6. The number of benzene rings is 2. The van der Waals surface area contributed by atoms with Gasteiger partial charge in [-0.2, -0.15) is 4.99 Å². The molecule has 0 aliphatic carbocycles. The number of amides is 1. The van der Waals surface area contributed by atoms with Crippen molar-refractivity contribution >= 4 is 44.6 Å². The Morgan fingerprint density at radius 1 is 1.19 bits per heavy atom. The summed E-state index contributed by atoms with van der Waals surface area (Å²) >= 11 is 4.89. The van der Waals surface area contributed by atoms with E-state index in [1.54, 1.807) is 0 Å². The SMILES string of the molecule is CCN1CN=C(Sc2ccc(Br)cc2)N=C1C(=O)NCc1ccc(C)cc1. The number of halogens is 1. The van der Waals surface area contributed by atoms with Crippen molar-refractivity contribution in [3.05, 3.63) is 64.1 Å². The molecule has 0 fully saturated rings. The first-order valence-electron chi connectivity index (χ1n) is 8.70. The lowest BCUT2D eigenvalue weighted by molar-refractivity contribution is -0.115. The van der Waals surface area contributed by atoms with Crippen LogP contribution in [-0.4, -0.2) is 35.0 Å². The van der Waals surface area contributed by atoms with E-state index in [-0.39, 0.29) is 5.91 Å². The van der Waals surface area contributed by atoms with Gasteiger partial charge in [0, 0.05) is 22.5 Å². The fourth-order valence-corrected chi connectivity index (χ4v) is 3.49. The van der Waals surface area contributed by atoms with Gasteiger partial charge in [0.15, 0.2) is 11.0 Å². The summed E-state index contributed by atoms with van der Waals surface area (Å²) in [6.07, 6.45) is 0. The van der Waals surface area contributed by atoms with Crippen LogP contribution in [0.4, 0.5) is 0 Å². The van der Waals surface area contributed by atoms with E-state index in [9.17, 15) is 4.79 Å². The van der Waals surface area contributed by atoms with Crippen molar-refractivity contribution in [3.8, 4) is 0 Å². The van der Waals surface area contributed by atoms with E-state index in [2.05, 4.69) is 31.2 Å². The Balaban J connectivity index is 1.68. The van der Waals surface area contributed by atoms with Gasteiger partial charge in [-0.05, 0) is 43.7 Å². The van der Waals surface area contributed by atoms with Gasteiger partial charge in [0.2, 0.25) is 0 Å². The molecule has 140 valence electrons. The van der Waals surface area contributed by atoms with E-state index in [1.807, 2.05) is 67.3 Å². The predicted octanol–water partition coefficient (Wildman–Crippen LogP) is 4.21. The monoisotopic (exact) mass is 444 g/mol. The van der Waals surface area contributed by atoms with Crippen molar-refractivity contribution in [2.45, 2.75) is 25.3 Å². The summed E-state index contributed by atoms with van der Waals surface area (Å²) in [5.74, 6) is 0.237. The fourth-order valence-electron chi connectivity index (χ4n) is 2.48. The van der Waals surface area contributed by atoms with Crippen molar-refractivity contribution < 1.29 is 4.79 Å².